The fourth-order valence-corrected chi connectivity index (χ4v) is 16.1. The van der Waals surface area contributed by atoms with E-state index in [4.69, 9.17) is 16.2 Å². The molecular formula is C105H81B2Br2FN5O7S. The van der Waals surface area contributed by atoms with Gasteiger partial charge in [0.2, 0.25) is 0 Å². The van der Waals surface area contributed by atoms with Crippen LogP contribution in [0.3, 0.4) is 0 Å². The minimum absolute atomic E-state index is 0.385. The number of ether oxygens (including phenoxy) is 1. The molecule has 1 saturated heterocycles. The molecule has 123 heavy (non-hydrogen) atoms. The normalized spacial score (nSPS) is 11.3. The Morgan fingerprint density at radius 3 is 0.813 bits per heavy atom. The van der Waals surface area contributed by atoms with E-state index >= 15 is 0 Å². The zero-order valence-corrected chi connectivity index (χ0v) is 70.7. The van der Waals surface area contributed by atoms with Gasteiger partial charge in [0.1, 0.15) is 25.1 Å². The van der Waals surface area contributed by atoms with Crippen LogP contribution >= 0.6 is 44.7 Å². The summed E-state index contributed by atoms with van der Waals surface area (Å²) < 4.78 is 34.6. The number of alkyl halides is 1. The molecule has 0 saturated carbocycles. The van der Waals surface area contributed by atoms with Gasteiger partial charge in [-0.2, -0.15) is 0 Å². The molecule has 2 N–H and O–H groups in total. The molecule has 1 aliphatic heterocycles. The molecule has 5 heterocycles. The first kappa shape index (κ1) is 84.5. The average molecular weight is 1760 g/mol. The first-order valence-electron chi connectivity index (χ1n) is 40.3. The fourth-order valence-electron chi connectivity index (χ4n) is 15.4. The molecule has 0 atom stereocenters. The van der Waals surface area contributed by atoms with Gasteiger partial charge in [0.25, 0.3) is 0 Å². The second-order valence-electron chi connectivity index (χ2n) is 28.6. The molecule has 4 aromatic heterocycles. The predicted octanol–water partition coefficient (Wildman–Crippen LogP) is 25.8. The van der Waals surface area contributed by atoms with E-state index in [1.54, 1.807) is 0 Å². The van der Waals surface area contributed by atoms with Gasteiger partial charge in [-0.05, 0) is 191 Å². The van der Waals surface area contributed by atoms with Crippen molar-refractivity contribution >= 4 is 177 Å². The van der Waals surface area contributed by atoms with Crippen molar-refractivity contribution in [3.63, 3.8) is 0 Å². The number of para-hydroxylation sites is 7. The number of carbonyl (C=O) groups is 4. The van der Waals surface area contributed by atoms with Gasteiger partial charge in [0, 0.05) is 110 Å². The zero-order chi connectivity index (χ0) is 86.3. The van der Waals surface area contributed by atoms with Crippen LogP contribution in [0.25, 0.3) is 143 Å². The monoisotopic (exact) mass is 1760 g/mol. The zero-order valence-electron chi connectivity index (χ0n) is 67.6. The SMILES string of the molecule is Brc1ccc2c(c1)c1ccccc1n2-c1ccccc1.C1CCOC1.O=Cc1ccc(-c2ccc3c(c2)c2cc(Br)ccc2n3-c2ccccc2)cc1.O=Cc1ccc(-c2ccc3c(c2)c2ccccc2n3-c2ccccc2)cc1.O=Cc1ccc(-c2ccc3c(c2)c2ccccc2n3-c2ccccc2)cc1.O=Cc1ccc(B(O)O)cc1.[2H]CF.[B]=NS. The van der Waals surface area contributed by atoms with Gasteiger partial charge < -0.3 is 33.1 Å². The molecule has 1 aliphatic rings. The van der Waals surface area contributed by atoms with Crippen LogP contribution in [-0.4, -0.2) is 88.6 Å². The predicted molar refractivity (Wildman–Crippen MR) is 517 cm³/mol. The quantitative estimate of drug-likeness (QED) is 0.0626. The number of fused-ring (bicyclic) bond motifs is 12. The van der Waals surface area contributed by atoms with Crippen LogP contribution in [-0.2, 0) is 4.74 Å². The summed E-state index contributed by atoms with van der Waals surface area (Å²) in [5.74, 6) is 0. The summed E-state index contributed by atoms with van der Waals surface area (Å²) in [6, 6.07) is 129. The molecule has 0 aliphatic carbocycles. The van der Waals surface area contributed by atoms with E-state index in [0.29, 0.717) is 34.0 Å². The second-order valence-corrected chi connectivity index (χ2v) is 30.6. The Bertz CT molecular complexity index is 6850. The third-order valence-corrected chi connectivity index (χ3v) is 22.1. The number of halogens is 3. The van der Waals surface area contributed by atoms with Crippen molar-refractivity contribution in [2.24, 2.45) is 4.30 Å². The van der Waals surface area contributed by atoms with Crippen molar-refractivity contribution in [3.8, 4) is 56.1 Å². The van der Waals surface area contributed by atoms with Crippen molar-refractivity contribution in [1.29, 1.82) is 0 Å². The number of aldehydes is 4. The number of hydrogen-bond donors (Lipinski definition) is 3. The van der Waals surface area contributed by atoms with Gasteiger partial charge in [-0.1, -0.05) is 275 Å². The molecular weight excluding hydrogens is 1680 g/mol. The van der Waals surface area contributed by atoms with Crippen molar-refractivity contribution in [1.82, 2.24) is 18.3 Å². The second kappa shape index (κ2) is 41.6. The Morgan fingerprint density at radius 2 is 0.553 bits per heavy atom. The van der Waals surface area contributed by atoms with Crippen molar-refractivity contribution < 1.29 is 39.7 Å². The Balaban J connectivity index is 0.000000125. The van der Waals surface area contributed by atoms with E-state index in [2.05, 4.69) is 336 Å². The number of thiol groups is 1. The maximum absolute atomic E-state index is 10.9. The van der Waals surface area contributed by atoms with E-state index in [0.717, 1.165) is 91.5 Å². The van der Waals surface area contributed by atoms with Crippen molar-refractivity contribution in [2.45, 2.75) is 12.8 Å². The summed E-state index contributed by atoms with van der Waals surface area (Å²) in [4.78, 5) is 42.9. The third kappa shape index (κ3) is 19.7. The van der Waals surface area contributed by atoms with Crippen LogP contribution in [0.1, 0.15) is 55.6 Å². The van der Waals surface area contributed by atoms with Gasteiger partial charge in [0.05, 0.1) is 52.7 Å². The summed E-state index contributed by atoms with van der Waals surface area (Å²) in [5, 5.41) is 27.2. The van der Waals surface area contributed by atoms with Crippen LogP contribution in [0, 0.1) is 0 Å². The van der Waals surface area contributed by atoms with Gasteiger partial charge in [-0.25, -0.2) is 0 Å². The third-order valence-electron chi connectivity index (χ3n) is 21.1. The Hall–Kier alpha value is -13.6. The molecule has 601 valence electrons. The maximum atomic E-state index is 10.9. The number of hydrogen-bond acceptors (Lipinski definition) is 9. The molecule has 1 radical (unpaired) electrons. The first-order valence-corrected chi connectivity index (χ1v) is 41.6. The van der Waals surface area contributed by atoms with Gasteiger partial charge in [-0.3, -0.25) is 23.6 Å². The summed E-state index contributed by atoms with van der Waals surface area (Å²) >= 11 is 10.4. The summed E-state index contributed by atoms with van der Waals surface area (Å²) in [6.45, 7) is 2.00. The van der Waals surface area contributed by atoms with Crippen molar-refractivity contribution in [2.75, 3.05) is 20.4 Å². The number of aromatic nitrogens is 4. The molecule has 16 aromatic carbocycles. The van der Waals surface area contributed by atoms with Crippen LogP contribution < -0.4 is 5.46 Å². The molecule has 0 bridgehead atoms. The van der Waals surface area contributed by atoms with Gasteiger partial charge in [-0.15, -0.1) is 0 Å². The minimum atomic E-state index is -1.46. The van der Waals surface area contributed by atoms with E-state index in [9.17, 15) is 23.6 Å². The average Bonchev–Trinajstić information content (AvgIpc) is 1.63. The van der Waals surface area contributed by atoms with Gasteiger partial charge >= 0.3 is 31.9 Å². The summed E-state index contributed by atoms with van der Waals surface area (Å²) in [7, 11) is 1.87. The number of rotatable bonds is 12. The molecule has 12 nitrogen and oxygen atoms in total. The molecule has 0 unspecified atom stereocenters. The van der Waals surface area contributed by atoms with Crippen LogP contribution in [0.4, 0.5) is 4.39 Å². The first-order chi connectivity index (χ1) is 60.8. The van der Waals surface area contributed by atoms with Gasteiger partial charge in [0.15, 0.2) is 0 Å². The molecule has 0 amide bonds. The Labute approximate surface area is 736 Å². The topological polar surface area (TPSA) is 150 Å². The standard InChI is InChI=1S/C25H16BrNO.2C25H17NO.C18H12BrN.C7H7BO3.C4H8O.CH3F.BHNS/c26-20-11-13-25-23(15-20)22-14-19(18-8-6-17(16-28)7-9-18)10-12-24(22)27(25)21-4-2-1-3-5-21;2*27-17-18-10-12-19(13-11-18)20-14-15-25-23(16-20)22-8-4-5-9-24(22)26(25)21-6-2-1-3-7-21;19-13-10-11-18-16(12-13)15-8-4-5-9-17(15)20(18)14-6-2-1-3-7-14;9-5-6-1-3-7(4-2-6)8(10)11;1-2-4-5-3-1;1-2;1-2-3/h1-16H;2*1-17H;1-12H;1-5,10-11H;1-4H2;1H3;3H/i;;;;;;1D;. The molecule has 0 spiro atoms. The number of carbonyl (C=O) groups excluding carboxylic acids is 4. The Kier molecular flexibility index (Phi) is 28.6. The van der Waals surface area contributed by atoms with Crippen molar-refractivity contribution in [3.05, 3.63) is 413 Å². The number of nitrogens with zero attached hydrogens (tertiary/aromatic N) is 5. The number of benzene rings is 16. The summed E-state index contributed by atoms with van der Waals surface area (Å²) in [6.07, 6.45) is 5.88. The molecule has 18 heteroatoms. The van der Waals surface area contributed by atoms with E-state index < -0.39 is 14.3 Å². The Morgan fingerprint density at radius 1 is 0.333 bits per heavy atom. The van der Waals surface area contributed by atoms with Crippen LogP contribution in [0.15, 0.2) is 395 Å². The van der Waals surface area contributed by atoms with E-state index in [-0.39, 0.29) is 0 Å². The summed E-state index contributed by atoms with van der Waals surface area (Å²) in [5.41, 5.74) is 24.0. The van der Waals surface area contributed by atoms with Crippen LogP contribution in [0.5, 0.6) is 0 Å². The molecule has 21 rings (SSSR count). The molecule has 20 aromatic rings. The molecule has 1 fully saturated rings. The fraction of sp³-hybridized carbons (Fsp3) is 0.0476. The van der Waals surface area contributed by atoms with E-state index in [1.165, 1.54) is 130 Å². The van der Waals surface area contributed by atoms with E-state index in [1.807, 2.05) is 97.1 Å². The van der Waals surface area contributed by atoms with Crippen LogP contribution in [0.2, 0.25) is 0 Å².